The molecule has 35 heavy (non-hydrogen) atoms. The normalized spacial score (nSPS) is 12.7. The second-order valence-electron chi connectivity index (χ2n) is 10.7. The summed E-state index contributed by atoms with van der Waals surface area (Å²) in [5.74, 6) is 2.02. The number of rotatable bonds is 10. The van der Waals surface area contributed by atoms with Crippen LogP contribution >= 0.6 is 0 Å². The Morgan fingerprint density at radius 2 is 0.971 bits per heavy atom. The van der Waals surface area contributed by atoms with Crippen molar-refractivity contribution in [2.24, 2.45) is 11.8 Å². The SMILES string of the molecule is CC(C)CC(c1ccc(CC[Si](c2ccccc2)(c2ccccc2)c2ccccc2)cc1)C(C)C. The van der Waals surface area contributed by atoms with Crippen LogP contribution in [-0.4, -0.2) is 8.07 Å². The Morgan fingerprint density at radius 1 is 0.543 bits per heavy atom. The summed E-state index contributed by atoms with van der Waals surface area (Å²) >= 11 is 0. The van der Waals surface area contributed by atoms with Crippen LogP contribution in [0.5, 0.6) is 0 Å². The maximum atomic E-state index is 2.40. The highest BCUT2D eigenvalue weighted by Crippen LogP contribution is 2.31. The lowest BCUT2D eigenvalue weighted by Gasteiger charge is -2.34. The van der Waals surface area contributed by atoms with Gasteiger partial charge in [-0.2, -0.15) is 0 Å². The molecule has 1 unspecified atom stereocenters. The largest absolute Gasteiger partial charge is 0.148 e. The Balaban J connectivity index is 1.70. The first-order chi connectivity index (χ1) is 17.0. The fourth-order valence-corrected chi connectivity index (χ4v) is 10.5. The van der Waals surface area contributed by atoms with Gasteiger partial charge in [0.1, 0.15) is 8.07 Å². The molecule has 1 atom stereocenters. The van der Waals surface area contributed by atoms with Crippen LogP contribution in [0.15, 0.2) is 115 Å². The smallest absolute Gasteiger partial charge is 0.0628 e. The van der Waals surface area contributed by atoms with E-state index in [1.165, 1.54) is 33.1 Å². The van der Waals surface area contributed by atoms with E-state index in [4.69, 9.17) is 0 Å². The van der Waals surface area contributed by atoms with Crippen LogP contribution in [0.4, 0.5) is 0 Å². The zero-order valence-corrected chi connectivity index (χ0v) is 22.8. The van der Waals surface area contributed by atoms with Crippen LogP contribution in [0.25, 0.3) is 0 Å². The molecule has 0 N–H and O–H groups in total. The molecule has 1 heteroatoms. The van der Waals surface area contributed by atoms with E-state index < -0.39 is 8.07 Å². The molecule has 180 valence electrons. The standard InChI is InChI=1S/C34H40Si/c1-27(2)26-34(28(3)4)30-22-20-29(21-23-30)24-25-35(31-14-8-5-9-15-31,32-16-10-6-11-17-32)33-18-12-7-13-19-33/h5-23,27-28,34H,24-26H2,1-4H3. The molecule has 0 heterocycles. The van der Waals surface area contributed by atoms with Gasteiger partial charge >= 0.3 is 0 Å². The van der Waals surface area contributed by atoms with Crippen LogP contribution in [-0.2, 0) is 6.42 Å². The van der Waals surface area contributed by atoms with Crippen molar-refractivity contribution >= 4 is 23.6 Å². The van der Waals surface area contributed by atoms with Gasteiger partial charge in [0.2, 0.25) is 0 Å². The third-order valence-corrected chi connectivity index (χ3v) is 12.5. The first-order valence-electron chi connectivity index (χ1n) is 13.3. The molecule has 0 saturated heterocycles. The highest BCUT2D eigenvalue weighted by Gasteiger charge is 2.38. The van der Waals surface area contributed by atoms with Crippen molar-refractivity contribution in [2.45, 2.75) is 52.5 Å². The summed E-state index contributed by atoms with van der Waals surface area (Å²) in [7, 11) is -2.18. The van der Waals surface area contributed by atoms with Crippen LogP contribution in [0.2, 0.25) is 6.04 Å². The molecule has 0 amide bonds. The quantitative estimate of drug-likeness (QED) is 0.168. The van der Waals surface area contributed by atoms with Crippen LogP contribution in [0.3, 0.4) is 0 Å². The summed E-state index contributed by atoms with van der Waals surface area (Å²) in [5, 5.41) is 4.47. The molecule has 0 bridgehead atoms. The predicted molar refractivity (Wildman–Crippen MR) is 156 cm³/mol. The molecular weight excluding hydrogens is 436 g/mol. The lowest BCUT2D eigenvalue weighted by atomic mass is 9.82. The zero-order chi connectivity index (χ0) is 24.7. The van der Waals surface area contributed by atoms with E-state index in [1.807, 2.05) is 0 Å². The van der Waals surface area contributed by atoms with E-state index in [-0.39, 0.29) is 0 Å². The molecule has 0 aliphatic heterocycles. The highest BCUT2D eigenvalue weighted by atomic mass is 28.3. The zero-order valence-electron chi connectivity index (χ0n) is 21.8. The minimum atomic E-state index is -2.18. The van der Waals surface area contributed by atoms with Crippen molar-refractivity contribution in [2.75, 3.05) is 0 Å². The molecule has 4 aromatic carbocycles. The second-order valence-corrected chi connectivity index (χ2v) is 14.8. The minimum Gasteiger partial charge on any atom is -0.0628 e. The van der Waals surface area contributed by atoms with Crippen molar-refractivity contribution < 1.29 is 0 Å². The molecule has 0 aliphatic carbocycles. The molecule has 4 rings (SSSR count). The average Bonchev–Trinajstić information content (AvgIpc) is 2.90. The lowest BCUT2D eigenvalue weighted by molar-refractivity contribution is 0.408. The first kappa shape index (κ1) is 25.2. The number of hydrogen-bond donors (Lipinski definition) is 0. The van der Waals surface area contributed by atoms with Gasteiger partial charge in [-0.25, -0.2) is 0 Å². The van der Waals surface area contributed by atoms with E-state index in [2.05, 4.69) is 143 Å². The summed E-state index contributed by atoms with van der Waals surface area (Å²) < 4.78 is 0. The summed E-state index contributed by atoms with van der Waals surface area (Å²) in [6.07, 6.45) is 2.34. The van der Waals surface area contributed by atoms with Gasteiger partial charge in [0, 0.05) is 0 Å². The van der Waals surface area contributed by atoms with Crippen molar-refractivity contribution in [1.29, 1.82) is 0 Å². The summed E-state index contributed by atoms with van der Waals surface area (Å²) in [4.78, 5) is 0. The number of hydrogen-bond acceptors (Lipinski definition) is 0. The third kappa shape index (κ3) is 5.85. The Morgan fingerprint density at radius 3 is 1.34 bits per heavy atom. The van der Waals surface area contributed by atoms with Crippen LogP contribution in [0.1, 0.15) is 51.2 Å². The van der Waals surface area contributed by atoms with Crippen LogP contribution in [0, 0.1) is 11.8 Å². The van der Waals surface area contributed by atoms with E-state index in [0.717, 1.165) is 18.4 Å². The van der Waals surface area contributed by atoms with Gasteiger partial charge in [-0.1, -0.05) is 143 Å². The predicted octanol–water partition coefficient (Wildman–Crippen LogP) is 7.19. The highest BCUT2D eigenvalue weighted by molar-refractivity contribution is 7.11. The Bertz CT molecular complexity index is 1050. The Labute approximate surface area is 214 Å². The Hall–Kier alpha value is -2.90. The van der Waals surface area contributed by atoms with Crippen LogP contribution < -0.4 is 15.6 Å². The molecule has 0 aliphatic rings. The van der Waals surface area contributed by atoms with Gasteiger partial charge in [-0.15, -0.1) is 0 Å². The summed E-state index contributed by atoms with van der Waals surface area (Å²) in [6, 6.07) is 44.5. The summed E-state index contributed by atoms with van der Waals surface area (Å²) in [5.41, 5.74) is 2.94. The van der Waals surface area contributed by atoms with Crippen molar-refractivity contribution in [1.82, 2.24) is 0 Å². The van der Waals surface area contributed by atoms with E-state index in [9.17, 15) is 0 Å². The van der Waals surface area contributed by atoms with Gasteiger partial charge in [0.15, 0.2) is 0 Å². The van der Waals surface area contributed by atoms with E-state index >= 15 is 0 Å². The third-order valence-electron chi connectivity index (χ3n) is 7.53. The molecule has 4 aromatic rings. The number of benzene rings is 4. The van der Waals surface area contributed by atoms with Crippen molar-refractivity contribution in [3.8, 4) is 0 Å². The maximum absolute atomic E-state index is 2.40. The second kappa shape index (κ2) is 11.7. The first-order valence-corrected chi connectivity index (χ1v) is 15.5. The molecule has 0 spiro atoms. The molecule has 0 nitrogen and oxygen atoms in total. The number of aryl methyl sites for hydroxylation is 1. The fourth-order valence-electron chi connectivity index (χ4n) is 5.67. The summed E-state index contributed by atoms with van der Waals surface area (Å²) in [6.45, 7) is 9.40. The van der Waals surface area contributed by atoms with Crippen molar-refractivity contribution in [3.63, 3.8) is 0 Å². The fraction of sp³-hybridized carbons (Fsp3) is 0.294. The monoisotopic (exact) mass is 476 g/mol. The van der Waals surface area contributed by atoms with Crippen molar-refractivity contribution in [3.05, 3.63) is 126 Å². The molecule has 0 saturated carbocycles. The Kier molecular flexibility index (Phi) is 8.41. The van der Waals surface area contributed by atoms with Gasteiger partial charge in [-0.05, 0) is 63.3 Å². The molecule has 0 radical (unpaired) electrons. The minimum absolute atomic E-state index is 0.635. The average molecular weight is 477 g/mol. The van der Waals surface area contributed by atoms with E-state index in [1.54, 1.807) is 0 Å². The topological polar surface area (TPSA) is 0 Å². The molecule has 0 aromatic heterocycles. The lowest BCUT2D eigenvalue weighted by Crippen LogP contribution is -2.67. The van der Waals surface area contributed by atoms with Gasteiger partial charge in [0.05, 0.1) is 0 Å². The molecular formula is C34H40Si. The van der Waals surface area contributed by atoms with Gasteiger partial charge in [0.25, 0.3) is 0 Å². The van der Waals surface area contributed by atoms with Gasteiger partial charge < -0.3 is 0 Å². The van der Waals surface area contributed by atoms with E-state index in [0.29, 0.717) is 11.8 Å². The van der Waals surface area contributed by atoms with Gasteiger partial charge in [-0.3, -0.25) is 0 Å². The maximum Gasteiger partial charge on any atom is 0.148 e. The molecule has 0 fully saturated rings.